The number of amides is 2. The van der Waals surface area contributed by atoms with E-state index in [1.165, 1.54) is 0 Å². The summed E-state index contributed by atoms with van der Waals surface area (Å²) in [7, 11) is 1.56. The van der Waals surface area contributed by atoms with E-state index in [1.54, 1.807) is 37.4 Å². The number of carbonyl (C=O) groups excluding carboxylic acids is 2. The SMILES string of the molecule is COc1ccc(Br)c(C(=O)Nc2ccc(C(=O)N3CCCNCC3)cc2C)c1. The van der Waals surface area contributed by atoms with Crippen LogP contribution in [0, 0.1) is 6.92 Å². The van der Waals surface area contributed by atoms with Crippen molar-refractivity contribution < 1.29 is 14.3 Å². The molecule has 7 heteroatoms. The standard InChI is InChI=1S/C21H24BrN3O3/c1-14-12-15(21(27)25-10-3-8-23-9-11-25)4-7-19(14)24-20(26)17-13-16(28-2)5-6-18(17)22/h4-7,12-13,23H,3,8-11H2,1-2H3,(H,24,26). The number of nitrogens with one attached hydrogen (secondary N) is 2. The van der Waals surface area contributed by atoms with Gasteiger partial charge in [0.1, 0.15) is 5.75 Å². The Bertz CT molecular complexity index is 877. The molecule has 1 aliphatic heterocycles. The topological polar surface area (TPSA) is 70.7 Å². The van der Waals surface area contributed by atoms with Gasteiger partial charge in [-0.05, 0) is 77.8 Å². The van der Waals surface area contributed by atoms with Gasteiger partial charge in [-0.25, -0.2) is 0 Å². The summed E-state index contributed by atoms with van der Waals surface area (Å²) in [6, 6.07) is 10.6. The minimum atomic E-state index is -0.244. The quantitative estimate of drug-likeness (QED) is 0.755. The Balaban J connectivity index is 1.75. The zero-order valence-corrected chi connectivity index (χ0v) is 17.6. The highest BCUT2D eigenvalue weighted by atomic mass is 79.9. The molecule has 2 amide bonds. The summed E-state index contributed by atoms with van der Waals surface area (Å²) >= 11 is 3.40. The van der Waals surface area contributed by atoms with Crippen LogP contribution in [0.3, 0.4) is 0 Å². The van der Waals surface area contributed by atoms with Gasteiger partial charge in [-0.15, -0.1) is 0 Å². The number of hydrogen-bond donors (Lipinski definition) is 2. The second-order valence-electron chi connectivity index (χ2n) is 6.73. The van der Waals surface area contributed by atoms with Crippen molar-refractivity contribution in [1.29, 1.82) is 0 Å². The van der Waals surface area contributed by atoms with Gasteiger partial charge in [-0.3, -0.25) is 9.59 Å². The highest BCUT2D eigenvalue weighted by Crippen LogP contribution is 2.25. The van der Waals surface area contributed by atoms with Crippen molar-refractivity contribution in [2.24, 2.45) is 0 Å². The predicted octanol–water partition coefficient (Wildman–Crippen LogP) is 3.45. The molecule has 1 heterocycles. The molecule has 2 N–H and O–H groups in total. The van der Waals surface area contributed by atoms with Gasteiger partial charge in [-0.2, -0.15) is 0 Å². The van der Waals surface area contributed by atoms with E-state index in [0.29, 0.717) is 33.6 Å². The van der Waals surface area contributed by atoms with Crippen molar-refractivity contribution in [3.8, 4) is 5.75 Å². The molecule has 0 bridgehead atoms. The third-order valence-electron chi connectivity index (χ3n) is 4.77. The minimum absolute atomic E-state index is 0.0280. The molecule has 0 aliphatic carbocycles. The van der Waals surface area contributed by atoms with Crippen molar-refractivity contribution in [3.05, 3.63) is 57.6 Å². The van der Waals surface area contributed by atoms with Crippen molar-refractivity contribution in [3.63, 3.8) is 0 Å². The molecule has 3 rings (SSSR count). The minimum Gasteiger partial charge on any atom is -0.497 e. The zero-order valence-electron chi connectivity index (χ0n) is 16.0. The molecule has 0 radical (unpaired) electrons. The molecule has 1 fully saturated rings. The normalized spacial score (nSPS) is 14.3. The fourth-order valence-corrected chi connectivity index (χ4v) is 3.59. The molecule has 0 atom stereocenters. The molecular formula is C21H24BrN3O3. The highest BCUT2D eigenvalue weighted by Gasteiger charge is 2.18. The fourth-order valence-electron chi connectivity index (χ4n) is 3.16. The zero-order chi connectivity index (χ0) is 20.1. The van der Waals surface area contributed by atoms with Gasteiger partial charge < -0.3 is 20.3 Å². The van der Waals surface area contributed by atoms with Crippen molar-refractivity contribution in [2.75, 3.05) is 38.6 Å². The number of carbonyl (C=O) groups is 2. The summed E-state index contributed by atoms with van der Waals surface area (Å²) in [5, 5.41) is 6.21. The van der Waals surface area contributed by atoms with E-state index in [4.69, 9.17) is 4.74 Å². The predicted molar refractivity (Wildman–Crippen MR) is 113 cm³/mol. The third-order valence-corrected chi connectivity index (χ3v) is 5.46. The molecule has 28 heavy (non-hydrogen) atoms. The van der Waals surface area contributed by atoms with Gasteiger partial charge in [0.2, 0.25) is 0 Å². The van der Waals surface area contributed by atoms with E-state index in [0.717, 1.165) is 31.6 Å². The van der Waals surface area contributed by atoms with Gasteiger partial charge in [0.25, 0.3) is 11.8 Å². The smallest absolute Gasteiger partial charge is 0.256 e. The molecule has 0 spiro atoms. The van der Waals surface area contributed by atoms with Crippen LogP contribution in [0.4, 0.5) is 5.69 Å². The fraction of sp³-hybridized carbons (Fsp3) is 0.333. The maximum absolute atomic E-state index is 12.8. The Morgan fingerprint density at radius 2 is 1.96 bits per heavy atom. The Hall–Kier alpha value is -2.38. The van der Waals surface area contributed by atoms with Crippen LogP contribution >= 0.6 is 15.9 Å². The summed E-state index contributed by atoms with van der Waals surface area (Å²) in [4.78, 5) is 27.3. The van der Waals surface area contributed by atoms with Crippen molar-refractivity contribution in [1.82, 2.24) is 10.2 Å². The first kappa shape index (κ1) is 20.4. The lowest BCUT2D eigenvalue weighted by Crippen LogP contribution is -2.34. The van der Waals surface area contributed by atoms with Crippen LogP contribution in [-0.4, -0.2) is 50.0 Å². The summed E-state index contributed by atoms with van der Waals surface area (Å²) in [5.41, 5.74) is 2.64. The van der Waals surface area contributed by atoms with E-state index in [9.17, 15) is 9.59 Å². The molecule has 2 aromatic rings. The van der Waals surface area contributed by atoms with E-state index < -0.39 is 0 Å². The Morgan fingerprint density at radius 1 is 1.14 bits per heavy atom. The molecule has 2 aromatic carbocycles. The maximum atomic E-state index is 12.8. The lowest BCUT2D eigenvalue weighted by atomic mass is 10.1. The number of ether oxygens (including phenoxy) is 1. The molecule has 0 saturated carbocycles. The highest BCUT2D eigenvalue weighted by molar-refractivity contribution is 9.10. The maximum Gasteiger partial charge on any atom is 0.256 e. The number of methoxy groups -OCH3 is 1. The first-order chi connectivity index (χ1) is 13.5. The van der Waals surface area contributed by atoms with Gasteiger partial charge in [-0.1, -0.05) is 0 Å². The summed E-state index contributed by atoms with van der Waals surface area (Å²) in [6.07, 6.45) is 0.953. The summed E-state index contributed by atoms with van der Waals surface area (Å²) < 4.78 is 5.88. The van der Waals surface area contributed by atoms with Gasteiger partial charge in [0.05, 0.1) is 12.7 Å². The van der Waals surface area contributed by atoms with Gasteiger partial charge in [0, 0.05) is 35.4 Å². The van der Waals surface area contributed by atoms with Crippen LogP contribution in [-0.2, 0) is 0 Å². The lowest BCUT2D eigenvalue weighted by Gasteiger charge is -2.20. The van der Waals surface area contributed by atoms with E-state index in [2.05, 4.69) is 26.6 Å². The molecular weight excluding hydrogens is 422 g/mol. The van der Waals surface area contributed by atoms with Crippen LogP contribution in [0.1, 0.15) is 32.7 Å². The number of aryl methyl sites for hydroxylation is 1. The van der Waals surface area contributed by atoms with Crippen molar-refractivity contribution in [2.45, 2.75) is 13.3 Å². The molecule has 6 nitrogen and oxygen atoms in total. The monoisotopic (exact) mass is 445 g/mol. The number of halogens is 1. The number of anilines is 1. The third kappa shape index (κ3) is 4.72. The van der Waals surface area contributed by atoms with Crippen molar-refractivity contribution >= 4 is 33.4 Å². The Labute approximate surface area is 173 Å². The largest absolute Gasteiger partial charge is 0.497 e. The Morgan fingerprint density at radius 3 is 2.71 bits per heavy atom. The molecule has 1 aliphatic rings. The first-order valence-corrected chi connectivity index (χ1v) is 10.0. The number of benzene rings is 2. The number of nitrogens with zero attached hydrogens (tertiary/aromatic N) is 1. The van der Waals surface area contributed by atoms with E-state index in [-0.39, 0.29) is 11.8 Å². The lowest BCUT2D eigenvalue weighted by molar-refractivity contribution is 0.0766. The number of hydrogen-bond acceptors (Lipinski definition) is 4. The van der Waals surface area contributed by atoms with E-state index in [1.807, 2.05) is 17.9 Å². The molecule has 148 valence electrons. The van der Waals surface area contributed by atoms with Gasteiger partial charge >= 0.3 is 0 Å². The van der Waals surface area contributed by atoms with Gasteiger partial charge in [0.15, 0.2) is 0 Å². The average Bonchev–Trinajstić information content (AvgIpc) is 2.98. The molecule has 1 saturated heterocycles. The van der Waals surface area contributed by atoms with Crippen LogP contribution in [0.5, 0.6) is 5.75 Å². The average molecular weight is 446 g/mol. The first-order valence-electron chi connectivity index (χ1n) is 9.25. The Kier molecular flexibility index (Phi) is 6.70. The molecule has 0 unspecified atom stereocenters. The summed E-state index contributed by atoms with van der Waals surface area (Å²) in [5.74, 6) is 0.393. The van der Waals surface area contributed by atoms with Crippen LogP contribution in [0.25, 0.3) is 0 Å². The second-order valence-corrected chi connectivity index (χ2v) is 7.58. The van der Waals surface area contributed by atoms with Crippen LogP contribution < -0.4 is 15.4 Å². The van der Waals surface area contributed by atoms with Crippen LogP contribution in [0.2, 0.25) is 0 Å². The van der Waals surface area contributed by atoms with E-state index >= 15 is 0 Å². The number of rotatable bonds is 4. The summed E-state index contributed by atoms with van der Waals surface area (Å²) in [6.45, 7) is 5.10. The molecule has 0 aromatic heterocycles. The van der Waals surface area contributed by atoms with Crippen LogP contribution in [0.15, 0.2) is 40.9 Å². The second kappa shape index (κ2) is 9.21.